The van der Waals surface area contributed by atoms with Gasteiger partial charge in [0.1, 0.15) is 5.75 Å². The fourth-order valence-corrected chi connectivity index (χ4v) is 2.06. The quantitative estimate of drug-likeness (QED) is 0.838. The van der Waals surface area contributed by atoms with Crippen LogP contribution in [0, 0.1) is 0 Å². The highest BCUT2D eigenvalue weighted by Gasteiger charge is 2.30. The van der Waals surface area contributed by atoms with Gasteiger partial charge in [0, 0.05) is 12.0 Å². The maximum Gasteiger partial charge on any atom is 0.118 e. The summed E-state index contributed by atoms with van der Waals surface area (Å²) in [4.78, 5) is 0. The van der Waals surface area contributed by atoms with Crippen LogP contribution >= 0.6 is 12.4 Å². The second kappa shape index (κ2) is 4.86. The van der Waals surface area contributed by atoms with E-state index in [0.29, 0.717) is 5.41 Å². The molecule has 0 aromatic heterocycles. The first kappa shape index (κ1) is 12.3. The van der Waals surface area contributed by atoms with Crippen LogP contribution in [0.15, 0.2) is 24.3 Å². The highest BCUT2D eigenvalue weighted by atomic mass is 35.5. The van der Waals surface area contributed by atoms with Crippen molar-refractivity contribution in [3.63, 3.8) is 0 Å². The van der Waals surface area contributed by atoms with Gasteiger partial charge in [0.2, 0.25) is 0 Å². The number of methoxy groups -OCH3 is 1. The van der Waals surface area contributed by atoms with Gasteiger partial charge in [-0.05, 0) is 30.7 Å². The molecule has 0 aliphatic carbocycles. The monoisotopic (exact) mass is 227 g/mol. The Morgan fingerprint density at radius 3 is 2.40 bits per heavy atom. The van der Waals surface area contributed by atoms with Crippen molar-refractivity contribution in [2.45, 2.75) is 18.8 Å². The third kappa shape index (κ3) is 2.44. The summed E-state index contributed by atoms with van der Waals surface area (Å²) in [7, 11) is 1.70. The van der Waals surface area contributed by atoms with Gasteiger partial charge in [-0.1, -0.05) is 19.1 Å². The van der Waals surface area contributed by atoms with Gasteiger partial charge >= 0.3 is 0 Å². The van der Waals surface area contributed by atoms with Gasteiger partial charge in [0.05, 0.1) is 7.11 Å². The molecular weight excluding hydrogens is 210 g/mol. The Labute approximate surface area is 97.4 Å². The van der Waals surface area contributed by atoms with Gasteiger partial charge in [-0.3, -0.25) is 0 Å². The van der Waals surface area contributed by atoms with Crippen LogP contribution in [-0.4, -0.2) is 20.2 Å². The van der Waals surface area contributed by atoms with E-state index in [0.717, 1.165) is 18.8 Å². The molecule has 15 heavy (non-hydrogen) atoms. The van der Waals surface area contributed by atoms with Crippen molar-refractivity contribution in [1.29, 1.82) is 0 Å². The number of ether oxygens (including phenoxy) is 1. The van der Waals surface area contributed by atoms with E-state index in [2.05, 4.69) is 24.4 Å². The molecule has 0 spiro atoms. The fourth-order valence-electron chi connectivity index (χ4n) is 2.06. The number of hydrogen-bond acceptors (Lipinski definition) is 2. The molecule has 1 aliphatic heterocycles. The number of benzene rings is 1. The Kier molecular flexibility index (Phi) is 4.00. The Balaban J connectivity index is 0.00000112. The number of nitrogens with one attached hydrogen (secondary N) is 1. The van der Waals surface area contributed by atoms with Crippen molar-refractivity contribution < 1.29 is 4.74 Å². The van der Waals surface area contributed by atoms with Crippen LogP contribution in [-0.2, 0) is 5.41 Å². The van der Waals surface area contributed by atoms with E-state index in [1.165, 1.54) is 12.0 Å². The topological polar surface area (TPSA) is 21.3 Å². The molecule has 84 valence electrons. The SMILES string of the molecule is COc1ccc(C2(C)CCNC2)cc1.Cl. The summed E-state index contributed by atoms with van der Waals surface area (Å²) in [6.07, 6.45) is 1.22. The molecular formula is C12H18ClNO. The van der Waals surface area contributed by atoms with Crippen LogP contribution < -0.4 is 10.1 Å². The lowest BCUT2D eigenvalue weighted by Crippen LogP contribution is -2.24. The van der Waals surface area contributed by atoms with Crippen LogP contribution in [0.1, 0.15) is 18.9 Å². The van der Waals surface area contributed by atoms with Crippen molar-refractivity contribution in [3.8, 4) is 5.75 Å². The molecule has 0 bridgehead atoms. The minimum atomic E-state index is 0. The van der Waals surface area contributed by atoms with Crippen molar-refractivity contribution in [1.82, 2.24) is 5.32 Å². The zero-order chi connectivity index (χ0) is 10.0. The van der Waals surface area contributed by atoms with Gasteiger partial charge in [0.15, 0.2) is 0 Å². The average Bonchev–Trinajstić information content (AvgIpc) is 2.67. The molecule has 0 saturated carbocycles. The predicted molar refractivity (Wildman–Crippen MR) is 65.1 cm³/mol. The lowest BCUT2D eigenvalue weighted by Gasteiger charge is -2.23. The van der Waals surface area contributed by atoms with E-state index >= 15 is 0 Å². The van der Waals surface area contributed by atoms with Gasteiger partial charge in [-0.25, -0.2) is 0 Å². The first-order valence-electron chi connectivity index (χ1n) is 5.10. The summed E-state index contributed by atoms with van der Waals surface area (Å²) in [5.41, 5.74) is 1.72. The molecule has 0 radical (unpaired) electrons. The van der Waals surface area contributed by atoms with E-state index in [-0.39, 0.29) is 12.4 Å². The van der Waals surface area contributed by atoms with Crippen LogP contribution in [0.4, 0.5) is 0 Å². The van der Waals surface area contributed by atoms with Crippen molar-refractivity contribution in [2.24, 2.45) is 0 Å². The Morgan fingerprint density at radius 1 is 1.27 bits per heavy atom. The zero-order valence-electron chi connectivity index (χ0n) is 9.25. The van der Waals surface area contributed by atoms with Crippen LogP contribution in [0.25, 0.3) is 0 Å². The Hall–Kier alpha value is -0.730. The predicted octanol–water partition coefficient (Wildman–Crippen LogP) is 2.37. The minimum Gasteiger partial charge on any atom is -0.497 e. The zero-order valence-corrected chi connectivity index (χ0v) is 10.1. The fraction of sp³-hybridized carbons (Fsp3) is 0.500. The van der Waals surface area contributed by atoms with Crippen LogP contribution in [0.2, 0.25) is 0 Å². The number of hydrogen-bond donors (Lipinski definition) is 1. The molecule has 1 aromatic rings. The second-order valence-corrected chi connectivity index (χ2v) is 4.22. The second-order valence-electron chi connectivity index (χ2n) is 4.22. The van der Waals surface area contributed by atoms with Gasteiger partial charge < -0.3 is 10.1 Å². The molecule has 1 saturated heterocycles. The Bertz CT molecular complexity index is 304. The van der Waals surface area contributed by atoms with E-state index in [4.69, 9.17) is 4.74 Å². The van der Waals surface area contributed by atoms with E-state index in [1.54, 1.807) is 7.11 Å². The van der Waals surface area contributed by atoms with Crippen LogP contribution in [0.5, 0.6) is 5.75 Å². The molecule has 1 heterocycles. The van der Waals surface area contributed by atoms with Gasteiger partial charge in [-0.15, -0.1) is 12.4 Å². The molecule has 1 atom stereocenters. The summed E-state index contributed by atoms with van der Waals surface area (Å²) in [5.74, 6) is 0.934. The normalized spacial score (nSPS) is 24.7. The third-order valence-electron chi connectivity index (χ3n) is 3.16. The van der Waals surface area contributed by atoms with Gasteiger partial charge in [-0.2, -0.15) is 0 Å². The maximum absolute atomic E-state index is 5.15. The summed E-state index contributed by atoms with van der Waals surface area (Å²) in [6, 6.07) is 8.43. The molecule has 0 amide bonds. The standard InChI is InChI=1S/C12H17NO.ClH/c1-12(7-8-13-9-12)10-3-5-11(14-2)6-4-10;/h3-6,13H,7-9H2,1-2H3;1H. The molecule has 1 unspecified atom stereocenters. The largest absolute Gasteiger partial charge is 0.497 e. The molecule has 1 aliphatic rings. The summed E-state index contributed by atoms with van der Waals surface area (Å²) >= 11 is 0. The van der Waals surface area contributed by atoms with Crippen molar-refractivity contribution >= 4 is 12.4 Å². The molecule has 1 fully saturated rings. The van der Waals surface area contributed by atoms with E-state index in [9.17, 15) is 0 Å². The van der Waals surface area contributed by atoms with E-state index in [1.807, 2.05) is 12.1 Å². The Morgan fingerprint density at radius 2 is 1.93 bits per heavy atom. The molecule has 1 aromatic carbocycles. The highest BCUT2D eigenvalue weighted by Crippen LogP contribution is 2.30. The smallest absolute Gasteiger partial charge is 0.118 e. The third-order valence-corrected chi connectivity index (χ3v) is 3.16. The average molecular weight is 228 g/mol. The van der Waals surface area contributed by atoms with Gasteiger partial charge in [0.25, 0.3) is 0 Å². The maximum atomic E-state index is 5.15. The van der Waals surface area contributed by atoms with Crippen molar-refractivity contribution in [2.75, 3.05) is 20.2 Å². The van der Waals surface area contributed by atoms with E-state index < -0.39 is 0 Å². The minimum absolute atomic E-state index is 0. The van der Waals surface area contributed by atoms with Crippen molar-refractivity contribution in [3.05, 3.63) is 29.8 Å². The first-order valence-corrected chi connectivity index (χ1v) is 5.10. The number of halogens is 1. The molecule has 2 nitrogen and oxygen atoms in total. The lowest BCUT2D eigenvalue weighted by molar-refractivity contribution is 0.414. The molecule has 3 heteroatoms. The van der Waals surface area contributed by atoms with Crippen LogP contribution in [0.3, 0.4) is 0 Å². The summed E-state index contributed by atoms with van der Waals surface area (Å²) in [5, 5.41) is 3.41. The number of rotatable bonds is 2. The first-order chi connectivity index (χ1) is 6.74. The highest BCUT2D eigenvalue weighted by molar-refractivity contribution is 5.85. The molecule has 2 rings (SSSR count). The summed E-state index contributed by atoms with van der Waals surface area (Å²) in [6.45, 7) is 4.52. The molecule has 1 N–H and O–H groups in total. The lowest BCUT2D eigenvalue weighted by atomic mass is 9.82. The summed E-state index contributed by atoms with van der Waals surface area (Å²) < 4.78 is 5.15.